The Bertz CT molecular complexity index is 917. The molecule has 5 heteroatoms. The van der Waals surface area contributed by atoms with Gasteiger partial charge >= 0.3 is 5.97 Å². The number of hydrogen-bond donors (Lipinski definition) is 1. The molecule has 0 spiro atoms. The Morgan fingerprint density at radius 1 is 1.16 bits per heavy atom. The number of allylic oxidation sites excluding steroid dienone is 1. The van der Waals surface area contributed by atoms with E-state index in [1.54, 1.807) is 18.2 Å². The lowest BCUT2D eigenvalue weighted by Gasteiger charge is -2.39. The van der Waals surface area contributed by atoms with Crippen LogP contribution in [-0.4, -0.2) is 19.0 Å². The standard InChI is InChI=1S/C20H16FNO3/c1-25-19(24)15-10-11-20(12-6-8-13(21)9-7-12)16-5-3-2-4-14(16)18(23)22-17(15)20/h2-9H,10-11H2,1H3,(H,22,23). The largest absolute Gasteiger partial charge is 0.466 e. The minimum absolute atomic E-state index is 0.244. The Balaban J connectivity index is 2.04. The van der Waals surface area contributed by atoms with Crippen LogP contribution in [-0.2, 0) is 14.9 Å². The van der Waals surface area contributed by atoms with E-state index >= 15 is 0 Å². The molecule has 2 aliphatic rings. The highest BCUT2D eigenvalue weighted by atomic mass is 19.1. The number of rotatable bonds is 2. The average molecular weight is 337 g/mol. The minimum atomic E-state index is -0.679. The van der Waals surface area contributed by atoms with Gasteiger partial charge in [-0.1, -0.05) is 30.3 Å². The maximum atomic E-state index is 13.5. The van der Waals surface area contributed by atoms with Gasteiger partial charge in [-0.25, -0.2) is 9.18 Å². The highest BCUT2D eigenvalue weighted by Gasteiger charge is 2.50. The molecule has 0 saturated carbocycles. The Kier molecular flexibility index (Phi) is 3.46. The Morgan fingerprint density at radius 2 is 1.88 bits per heavy atom. The van der Waals surface area contributed by atoms with Gasteiger partial charge in [-0.3, -0.25) is 4.79 Å². The normalized spacial score (nSPS) is 21.4. The third-order valence-corrected chi connectivity index (χ3v) is 5.12. The van der Waals surface area contributed by atoms with Gasteiger partial charge < -0.3 is 10.1 Å². The van der Waals surface area contributed by atoms with Crippen LogP contribution in [0.25, 0.3) is 0 Å². The highest BCUT2D eigenvalue weighted by molar-refractivity contribution is 6.02. The fourth-order valence-electron chi connectivity index (χ4n) is 4.01. The van der Waals surface area contributed by atoms with E-state index in [2.05, 4.69) is 5.32 Å². The van der Waals surface area contributed by atoms with Crippen molar-refractivity contribution in [1.82, 2.24) is 5.32 Å². The molecule has 1 aliphatic carbocycles. The zero-order valence-corrected chi connectivity index (χ0v) is 13.6. The first kappa shape index (κ1) is 15.6. The number of benzene rings is 2. The van der Waals surface area contributed by atoms with Gasteiger partial charge in [0.25, 0.3) is 5.91 Å². The van der Waals surface area contributed by atoms with E-state index < -0.39 is 11.4 Å². The maximum Gasteiger partial charge on any atom is 0.335 e. The summed E-state index contributed by atoms with van der Waals surface area (Å²) in [6, 6.07) is 13.6. The molecule has 25 heavy (non-hydrogen) atoms. The van der Waals surface area contributed by atoms with E-state index in [4.69, 9.17) is 4.74 Å². The molecule has 1 aliphatic heterocycles. The second-order valence-corrected chi connectivity index (χ2v) is 6.26. The Morgan fingerprint density at radius 3 is 2.60 bits per heavy atom. The lowest BCUT2D eigenvalue weighted by atomic mass is 9.68. The number of amides is 1. The highest BCUT2D eigenvalue weighted by Crippen LogP contribution is 2.52. The summed E-state index contributed by atoms with van der Waals surface area (Å²) >= 11 is 0. The van der Waals surface area contributed by atoms with E-state index in [0.717, 1.165) is 11.1 Å². The second-order valence-electron chi connectivity index (χ2n) is 6.26. The van der Waals surface area contributed by atoms with E-state index in [1.165, 1.54) is 19.2 Å². The van der Waals surface area contributed by atoms with Crippen LogP contribution in [0.4, 0.5) is 4.39 Å². The van der Waals surface area contributed by atoms with Crippen molar-refractivity contribution in [2.45, 2.75) is 18.3 Å². The van der Waals surface area contributed by atoms with Gasteiger partial charge in [-0.05, 0) is 42.2 Å². The van der Waals surface area contributed by atoms with Gasteiger partial charge in [0.2, 0.25) is 0 Å². The van der Waals surface area contributed by atoms with Crippen LogP contribution in [0.15, 0.2) is 59.8 Å². The van der Waals surface area contributed by atoms with Crippen molar-refractivity contribution < 1.29 is 18.7 Å². The molecule has 4 nitrogen and oxygen atoms in total. The summed E-state index contributed by atoms with van der Waals surface area (Å²) in [5, 5.41) is 2.90. The van der Waals surface area contributed by atoms with Crippen molar-refractivity contribution in [3.8, 4) is 0 Å². The molecule has 2 aromatic carbocycles. The first-order valence-electron chi connectivity index (χ1n) is 8.07. The first-order chi connectivity index (χ1) is 12.1. The van der Waals surface area contributed by atoms with Crippen molar-refractivity contribution >= 4 is 11.9 Å². The quantitative estimate of drug-likeness (QED) is 0.857. The van der Waals surface area contributed by atoms with Crippen LogP contribution in [0.3, 0.4) is 0 Å². The fraction of sp³-hybridized carbons (Fsp3) is 0.200. The molecule has 2 aromatic rings. The molecular weight excluding hydrogens is 321 g/mol. The SMILES string of the molecule is COC(=O)C1=C2NC(=O)c3ccccc3C2(c2ccc(F)cc2)CC1. The summed E-state index contributed by atoms with van der Waals surface area (Å²) in [7, 11) is 1.33. The van der Waals surface area contributed by atoms with Gasteiger partial charge in [-0.15, -0.1) is 0 Å². The minimum Gasteiger partial charge on any atom is -0.466 e. The number of methoxy groups -OCH3 is 1. The van der Waals surface area contributed by atoms with E-state index in [9.17, 15) is 14.0 Å². The van der Waals surface area contributed by atoms with Crippen LogP contribution in [0.5, 0.6) is 0 Å². The zero-order chi connectivity index (χ0) is 17.6. The first-order valence-corrected chi connectivity index (χ1v) is 8.07. The monoisotopic (exact) mass is 337 g/mol. The molecule has 1 atom stereocenters. The predicted molar refractivity (Wildman–Crippen MR) is 89.4 cm³/mol. The molecule has 0 radical (unpaired) electrons. The van der Waals surface area contributed by atoms with Crippen LogP contribution in [0.1, 0.15) is 34.3 Å². The fourth-order valence-corrected chi connectivity index (χ4v) is 4.01. The van der Waals surface area contributed by atoms with Crippen molar-refractivity contribution in [1.29, 1.82) is 0 Å². The molecule has 0 bridgehead atoms. The molecule has 1 heterocycles. The van der Waals surface area contributed by atoms with Crippen molar-refractivity contribution in [2.75, 3.05) is 7.11 Å². The molecule has 4 rings (SSSR count). The lowest BCUT2D eigenvalue weighted by Crippen LogP contribution is -2.44. The number of esters is 1. The lowest BCUT2D eigenvalue weighted by molar-refractivity contribution is -0.136. The van der Waals surface area contributed by atoms with E-state index in [0.29, 0.717) is 29.7 Å². The Labute approximate surface area is 144 Å². The van der Waals surface area contributed by atoms with Gasteiger partial charge in [0.05, 0.1) is 18.1 Å². The molecule has 1 N–H and O–H groups in total. The van der Waals surface area contributed by atoms with Crippen molar-refractivity contribution in [3.63, 3.8) is 0 Å². The molecule has 0 fully saturated rings. The van der Waals surface area contributed by atoms with Crippen molar-refractivity contribution in [2.24, 2.45) is 0 Å². The third-order valence-electron chi connectivity index (χ3n) is 5.12. The van der Waals surface area contributed by atoms with Crippen LogP contribution in [0.2, 0.25) is 0 Å². The molecular formula is C20H16FNO3. The van der Waals surface area contributed by atoms with Gasteiger partial charge in [0.1, 0.15) is 5.82 Å². The van der Waals surface area contributed by atoms with Gasteiger partial charge in [0.15, 0.2) is 0 Å². The molecule has 126 valence electrons. The topological polar surface area (TPSA) is 55.4 Å². The number of hydrogen-bond acceptors (Lipinski definition) is 3. The zero-order valence-electron chi connectivity index (χ0n) is 13.6. The number of fused-ring (bicyclic) bond motifs is 3. The summed E-state index contributed by atoms with van der Waals surface area (Å²) in [4.78, 5) is 24.8. The third kappa shape index (κ3) is 2.12. The number of carbonyl (C=O) groups is 2. The summed E-state index contributed by atoms with van der Waals surface area (Å²) in [5.74, 6) is -1.02. The number of ether oxygens (including phenoxy) is 1. The summed E-state index contributed by atoms with van der Waals surface area (Å²) in [6.07, 6.45) is 1.09. The van der Waals surface area contributed by atoms with Crippen LogP contribution >= 0.6 is 0 Å². The van der Waals surface area contributed by atoms with E-state index in [-0.39, 0.29) is 11.7 Å². The van der Waals surface area contributed by atoms with Crippen LogP contribution < -0.4 is 5.32 Å². The van der Waals surface area contributed by atoms with Crippen LogP contribution in [0, 0.1) is 5.82 Å². The number of halogens is 1. The van der Waals surface area contributed by atoms with Gasteiger partial charge in [0, 0.05) is 11.3 Å². The Hall–Kier alpha value is -2.95. The van der Waals surface area contributed by atoms with Gasteiger partial charge in [-0.2, -0.15) is 0 Å². The summed E-state index contributed by atoms with van der Waals surface area (Å²) in [5.41, 5.74) is 2.59. The maximum absolute atomic E-state index is 13.5. The summed E-state index contributed by atoms with van der Waals surface area (Å²) < 4.78 is 18.4. The smallest absolute Gasteiger partial charge is 0.335 e. The second kappa shape index (κ2) is 5.55. The molecule has 0 aromatic heterocycles. The average Bonchev–Trinajstić information content (AvgIpc) is 3.02. The predicted octanol–water partition coefficient (Wildman–Crippen LogP) is 3.08. The summed E-state index contributed by atoms with van der Waals surface area (Å²) in [6.45, 7) is 0. The molecule has 0 saturated heterocycles. The molecule has 1 unspecified atom stereocenters. The van der Waals surface area contributed by atoms with E-state index in [1.807, 2.05) is 18.2 Å². The number of carbonyl (C=O) groups excluding carboxylic acids is 2. The van der Waals surface area contributed by atoms with Crippen molar-refractivity contribution in [3.05, 3.63) is 82.3 Å². The molecule has 1 amide bonds. The number of nitrogens with one attached hydrogen (secondary N) is 1.